The van der Waals surface area contributed by atoms with Crippen LogP contribution in [0.5, 0.6) is 0 Å². The van der Waals surface area contributed by atoms with Crippen LogP contribution in [0.1, 0.15) is 31.1 Å². The molecule has 2 heterocycles. The molecule has 1 aromatic rings. The van der Waals surface area contributed by atoms with Crippen LogP contribution < -0.4 is 5.32 Å². The van der Waals surface area contributed by atoms with Crippen molar-refractivity contribution in [1.29, 1.82) is 5.26 Å². The van der Waals surface area contributed by atoms with E-state index in [1.54, 1.807) is 6.20 Å². The molecule has 4 nitrogen and oxygen atoms in total. The van der Waals surface area contributed by atoms with Gasteiger partial charge in [0, 0.05) is 18.4 Å². The maximum atomic E-state index is 8.86. The molecule has 74 valence electrons. The third-order valence-electron chi connectivity index (χ3n) is 2.71. The molecule has 1 unspecified atom stereocenters. The van der Waals surface area contributed by atoms with Crippen molar-refractivity contribution < 1.29 is 0 Å². The molecule has 2 rings (SSSR count). The van der Waals surface area contributed by atoms with Crippen molar-refractivity contribution in [2.75, 3.05) is 13.1 Å². The van der Waals surface area contributed by atoms with Crippen molar-refractivity contribution in [3.05, 3.63) is 18.2 Å². The molecule has 0 amide bonds. The van der Waals surface area contributed by atoms with Gasteiger partial charge in [-0.2, -0.15) is 5.26 Å². The lowest BCUT2D eigenvalue weighted by molar-refractivity contribution is 0.450. The Morgan fingerprint density at radius 2 is 2.43 bits per heavy atom. The Bertz CT molecular complexity index is 328. The minimum atomic E-state index is 0.446. The fourth-order valence-corrected chi connectivity index (χ4v) is 1.97. The lowest BCUT2D eigenvalue weighted by atomic mass is 10.1. The Morgan fingerprint density at radius 1 is 1.50 bits per heavy atom. The van der Waals surface area contributed by atoms with E-state index in [1.807, 2.05) is 10.8 Å². The highest BCUT2D eigenvalue weighted by Gasteiger charge is 2.15. The molecule has 0 radical (unpaired) electrons. The molecule has 1 N–H and O–H groups in total. The maximum Gasteiger partial charge on any atom is 0.212 e. The van der Waals surface area contributed by atoms with Crippen LogP contribution in [0.15, 0.2) is 12.4 Å². The first-order valence-electron chi connectivity index (χ1n) is 5.05. The van der Waals surface area contributed by atoms with Gasteiger partial charge < -0.3 is 9.88 Å². The molecular formula is C10H14N4. The molecule has 0 saturated carbocycles. The van der Waals surface area contributed by atoms with Crippen LogP contribution in [0.2, 0.25) is 0 Å². The molecule has 1 aliphatic rings. The van der Waals surface area contributed by atoms with E-state index in [1.165, 1.54) is 6.42 Å². The number of imidazole rings is 1. The summed E-state index contributed by atoms with van der Waals surface area (Å²) in [4.78, 5) is 4.02. The number of aromatic nitrogens is 2. The molecule has 1 aliphatic heterocycles. The summed E-state index contributed by atoms with van der Waals surface area (Å²) in [5, 5.41) is 12.2. The number of nitrogens with zero attached hydrogens (tertiary/aromatic N) is 3. The summed E-state index contributed by atoms with van der Waals surface area (Å²) in [7, 11) is 0. The summed E-state index contributed by atoms with van der Waals surface area (Å²) in [6.45, 7) is 2.13. The van der Waals surface area contributed by atoms with E-state index in [-0.39, 0.29) is 0 Å². The zero-order valence-electron chi connectivity index (χ0n) is 8.11. The first-order valence-corrected chi connectivity index (χ1v) is 5.05. The monoisotopic (exact) mass is 190 g/mol. The molecule has 0 bridgehead atoms. The zero-order chi connectivity index (χ0) is 9.80. The summed E-state index contributed by atoms with van der Waals surface area (Å²) in [5.74, 6) is 0.539. The summed E-state index contributed by atoms with van der Waals surface area (Å²) in [6, 6.07) is 2.57. The molecule has 1 fully saturated rings. The Kier molecular flexibility index (Phi) is 2.80. The predicted octanol–water partition coefficient (Wildman–Crippen LogP) is 1.07. The smallest absolute Gasteiger partial charge is 0.212 e. The minimum Gasteiger partial charge on any atom is -0.320 e. The summed E-state index contributed by atoms with van der Waals surface area (Å²) < 4.78 is 2.01. The Morgan fingerprint density at radius 3 is 3.29 bits per heavy atom. The van der Waals surface area contributed by atoms with E-state index in [4.69, 9.17) is 5.26 Å². The predicted molar refractivity (Wildman–Crippen MR) is 52.7 cm³/mol. The Labute approximate surface area is 83.6 Å². The van der Waals surface area contributed by atoms with Gasteiger partial charge in [-0.15, -0.1) is 0 Å². The number of nitriles is 1. The van der Waals surface area contributed by atoms with Crippen molar-refractivity contribution in [3.8, 4) is 6.07 Å². The highest BCUT2D eigenvalue weighted by atomic mass is 15.1. The maximum absolute atomic E-state index is 8.86. The van der Waals surface area contributed by atoms with Gasteiger partial charge in [-0.3, -0.25) is 0 Å². The third kappa shape index (κ3) is 1.78. The second-order valence-corrected chi connectivity index (χ2v) is 3.60. The molecule has 1 atom stereocenters. The largest absolute Gasteiger partial charge is 0.320 e. The van der Waals surface area contributed by atoms with Gasteiger partial charge in [0.25, 0.3) is 0 Å². The highest BCUT2D eigenvalue weighted by Crippen LogP contribution is 2.20. The molecule has 0 spiro atoms. The molecule has 1 saturated heterocycles. The van der Waals surface area contributed by atoms with Gasteiger partial charge in [0.15, 0.2) is 0 Å². The van der Waals surface area contributed by atoms with Crippen LogP contribution in [-0.4, -0.2) is 22.6 Å². The van der Waals surface area contributed by atoms with Crippen LogP contribution in [-0.2, 0) is 0 Å². The molecule has 0 aromatic carbocycles. The number of hydrogen-bond donors (Lipinski definition) is 1. The lowest BCUT2D eigenvalue weighted by Gasteiger charge is -2.15. The van der Waals surface area contributed by atoms with Crippen molar-refractivity contribution >= 4 is 0 Å². The van der Waals surface area contributed by atoms with Crippen LogP contribution in [0.4, 0.5) is 0 Å². The molecule has 4 heteroatoms. The first-order chi connectivity index (χ1) is 6.92. The minimum absolute atomic E-state index is 0.446. The van der Waals surface area contributed by atoms with E-state index < -0.39 is 0 Å². The van der Waals surface area contributed by atoms with E-state index in [2.05, 4.69) is 16.4 Å². The molecule has 0 aliphatic carbocycles. The molecule has 1 aromatic heterocycles. The van der Waals surface area contributed by atoms with Crippen molar-refractivity contribution in [3.63, 3.8) is 0 Å². The van der Waals surface area contributed by atoms with Crippen LogP contribution in [0.3, 0.4) is 0 Å². The molecular weight excluding hydrogens is 176 g/mol. The van der Waals surface area contributed by atoms with Gasteiger partial charge in [0.05, 0.1) is 0 Å². The highest BCUT2D eigenvalue weighted by molar-refractivity contribution is 5.12. The number of rotatable bonds is 1. The van der Waals surface area contributed by atoms with Crippen molar-refractivity contribution in [2.24, 2.45) is 0 Å². The normalized spacial score (nSPS) is 22.6. The van der Waals surface area contributed by atoms with Gasteiger partial charge in [0.2, 0.25) is 5.82 Å². The fourth-order valence-electron chi connectivity index (χ4n) is 1.97. The van der Waals surface area contributed by atoms with Crippen LogP contribution in [0.25, 0.3) is 0 Å². The molecule has 14 heavy (non-hydrogen) atoms. The van der Waals surface area contributed by atoms with Crippen molar-refractivity contribution in [1.82, 2.24) is 14.9 Å². The topological polar surface area (TPSA) is 53.6 Å². The van der Waals surface area contributed by atoms with E-state index in [9.17, 15) is 0 Å². The SMILES string of the molecule is N#Cc1nccn1C1CCCNCC1. The first kappa shape index (κ1) is 9.22. The van der Waals surface area contributed by atoms with E-state index >= 15 is 0 Å². The average Bonchev–Trinajstić information content (AvgIpc) is 2.52. The summed E-state index contributed by atoms with van der Waals surface area (Å²) in [5.41, 5.74) is 0. The standard InChI is InChI=1S/C10H14N4/c11-8-10-13-6-7-14(10)9-2-1-4-12-5-3-9/h6-7,9,12H,1-5H2. The summed E-state index contributed by atoms with van der Waals surface area (Å²) in [6.07, 6.45) is 7.02. The van der Waals surface area contributed by atoms with Gasteiger partial charge in [-0.25, -0.2) is 4.98 Å². The van der Waals surface area contributed by atoms with Gasteiger partial charge in [-0.1, -0.05) is 0 Å². The Hall–Kier alpha value is -1.34. The third-order valence-corrected chi connectivity index (χ3v) is 2.71. The van der Waals surface area contributed by atoms with Gasteiger partial charge in [0.1, 0.15) is 6.07 Å². The second kappa shape index (κ2) is 4.25. The average molecular weight is 190 g/mol. The van der Waals surface area contributed by atoms with E-state index in [0.717, 1.165) is 25.9 Å². The fraction of sp³-hybridized carbons (Fsp3) is 0.600. The zero-order valence-corrected chi connectivity index (χ0v) is 8.11. The quantitative estimate of drug-likeness (QED) is 0.720. The van der Waals surface area contributed by atoms with Gasteiger partial charge in [-0.05, 0) is 32.4 Å². The van der Waals surface area contributed by atoms with Crippen LogP contribution >= 0.6 is 0 Å². The lowest BCUT2D eigenvalue weighted by Crippen LogP contribution is -2.15. The van der Waals surface area contributed by atoms with Gasteiger partial charge >= 0.3 is 0 Å². The van der Waals surface area contributed by atoms with Crippen LogP contribution in [0, 0.1) is 11.3 Å². The van der Waals surface area contributed by atoms with E-state index in [0.29, 0.717) is 11.9 Å². The Balaban J connectivity index is 2.16. The second-order valence-electron chi connectivity index (χ2n) is 3.60. The van der Waals surface area contributed by atoms with Crippen molar-refractivity contribution in [2.45, 2.75) is 25.3 Å². The number of hydrogen-bond acceptors (Lipinski definition) is 3. The number of nitrogens with one attached hydrogen (secondary N) is 1. The summed E-state index contributed by atoms with van der Waals surface area (Å²) >= 11 is 0.